The Hall–Kier alpha value is -1.35. The zero-order chi connectivity index (χ0) is 17.7. The molecule has 1 aliphatic heterocycles. The molecular weight excluding hydrogens is 303 g/mol. The minimum Gasteiger partial charge on any atom is -0.475 e. The molecule has 0 unspecified atom stereocenters. The summed E-state index contributed by atoms with van der Waals surface area (Å²) >= 11 is 0. The van der Waals surface area contributed by atoms with Gasteiger partial charge in [-0.15, -0.1) is 0 Å². The lowest BCUT2D eigenvalue weighted by molar-refractivity contribution is -0.192. The number of hydrogen-bond acceptors (Lipinski definition) is 4. The van der Waals surface area contributed by atoms with Crippen LogP contribution in [-0.4, -0.2) is 71.2 Å². The average Bonchev–Trinajstić information content (AvgIpc) is 2.42. The van der Waals surface area contributed by atoms with E-state index < -0.39 is 12.1 Å². The van der Waals surface area contributed by atoms with Gasteiger partial charge in [-0.1, -0.05) is 6.92 Å². The van der Waals surface area contributed by atoms with Crippen LogP contribution >= 0.6 is 0 Å². The Balaban J connectivity index is 0.000000534. The summed E-state index contributed by atoms with van der Waals surface area (Å²) in [5.41, 5.74) is 5.77. The third-order valence-electron chi connectivity index (χ3n) is 3.67. The fraction of sp³-hybridized carbons (Fsp3) is 0.846. The highest BCUT2D eigenvalue weighted by Gasteiger charge is 2.38. The number of nitrogens with zero attached hydrogens (tertiary/aromatic N) is 2. The Kier molecular flexibility index (Phi) is 7.82. The molecule has 22 heavy (non-hydrogen) atoms. The molecule has 6 nitrogen and oxygen atoms in total. The van der Waals surface area contributed by atoms with Crippen LogP contribution in [0.5, 0.6) is 0 Å². The van der Waals surface area contributed by atoms with Gasteiger partial charge in [0.25, 0.3) is 0 Å². The predicted molar refractivity (Wildman–Crippen MR) is 75.2 cm³/mol. The number of hydrogen-bond donors (Lipinski definition) is 2. The number of amides is 1. The van der Waals surface area contributed by atoms with Gasteiger partial charge >= 0.3 is 12.1 Å². The highest BCUT2D eigenvalue weighted by atomic mass is 19.4. The predicted octanol–water partition coefficient (Wildman–Crippen LogP) is 0.908. The van der Waals surface area contributed by atoms with Gasteiger partial charge in [0.05, 0.1) is 6.04 Å². The van der Waals surface area contributed by atoms with Crippen LogP contribution in [0.25, 0.3) is 0 Å². The van der Waals surface area contributed by atoms with Gasteiger partial charge < -0.3 is 15.7 Å². The monoisotopic (exact) mass is 327 g/mol. The van der Waals surface area contributed by atoms with Crippen molar-refractivity contribution in [1.29, 1.82) is 0 Å². The van der Waals surface area contributed by atoms with Crippen LogP contribution in [0.3, 0.4) is 0 Å². The topological polar surface area (TPSA) is 86.9 Å². The second kappa shape index (κ2) is 8.33. The molecule has 0 aliphatic carbocycles. The maximum atomic E-state index is 11.9. The normalized spacial score (nSPS) is 24.3. The Morgan fingerprint density at radius 1 is 1.27 bits per heavy atom. The van der Waals surface area contributed by atoms with Crippen molar-refractivity contribution in [2.24, 2.45) is 5.73 Å². The molecule has 1 heterocycles. The minimum atomic E-state index is -5.08. The van der Waals surface area contributed by atoms with Gasteiger partial charge in [0, 0.05) is 25.2 Å². The standard InChI is InChI=1S/C11H23N3O.C2HF3O2/c1-5-10(12)11(15)14-6-8(2)13(4)9(3)7-14;3-2(4,5)1(6)7/h8-10H,5-7,12H2,1-4H3;(H,6,7)/t8-,9+,10-;/m0./s1. The second-order valence-corrected chi connectivity index (χ2v) is 5.42. The third-order valence-corrected chi connectivity index (χ3v) is 3.67. The second-order valence-electron chi connectivity index (χ2n) is 5.42. The molecule has 0 aromatic carbocycles. The molecule has 0 bridgehead atoms. The van der Waals surface area contributed by atoms with Crippen LogP contribution in [0.4, 0.5) is 13.2 Å². The van der Waals surface area contributed by atoms with E-state index in [4.69, 9.17) is 15.6 Å². The van der Waals surface area contributed by atoms with Gasteiger partial charge in [-0.25, -0.2) is 4.79 Å². The van der Waals surface area contributed by atoms with Crippen molar-refractivity contribution in [2.75, 3.05) is 20.1 Å². The van der Waals surface area contributed by atoms with E-state index in [9.17, 15) is 18.0 Å². The van der Waals surface area contributed by atoms with Crippen molar-refractivity contribution in [3.63, 3.8) is 0 Å². The number of alkyl halides is 3. The van der Waals surface area contributed by atoms with Crippen LogP contribution in [-0.2, 0) is 9.59 Å². The summed E-state index contributed by atoms with van der Waals surface area (Å²) in [6.45, 7) is 7.84. The van der Waals surface area contributed by atoms with Gasteiger partial charge in [0.2, 0.25) is 5.91 Å². The molecule has 1 fully saturated rings. The van der Waals surface area contributed by atoms with Crippen LogP contribution in [0, 0.1) is 0 Å². The number of piperazine rings is 1. The van der Waals surface area contributed by atoms with Crippen molar-refractivity contribution in [2.45, 2.75) is 51.5 Å². The number of nitrogens with two attached hydrogens (primary N) is 1. The molecular formula is C13H24F3N3O3. The zero-order valence-corrected chi connectivity index (χ0v) is 13.2. The number of aliphatic carboxylic acids is 1. The van der Waals surface area contributed by atoms with E-state index >= 15 is 0 Å². The lowest BCUT2D eigenvalue weighted by Crippen LogP contribution is -2.59. The summed E-state index contributed by atoms with van der Waals surface area (Å²) < 4.78 is 31.7. The first kappa shape index (κ1) is 20.6. The maximum Gasteiger partial charge on any atom is 0.490 e. The van der Waals surface area contributed by atoms with Gasteiger partial charge in [-0.05, 0) is 27.3 Å². The maximum absolute atomic E-state index is 11.9. The van der Waals surface area contributed by atoms with Gasteiger partial charge in [-0.3, -0.25) is 9.69 Å². The minimum absolute atomic E-state index is 0.101. The largest absolute Gasteiger partial charge is 0.490 e. The van der Waals surface area contributed by atoms with E-state index in [0.717, 1.165) is 13.1 Å². The Morgan fingerprint density at radius 2 is 1.64 bits per heavy atom. The summed E-state index contributed by atoms with van der Waals surface area (Å²) in [6.07, 6.45) is -4.37. The summed E-state index contributed by atoms with van der Waals surface area (Å²) in [7, 11) is 2.11. The molecule has 1 rings (SSSR count). The van der Waals surface area contributed by atoms with Crippen molar-refractivity contribution in [3.05, 3.63) is 0 Å². The van der Waals surface area contributed by atoms with E-state index in [1.165, 1.54) is 0 Å². The summed E-state index contributed by atoms with van der Waals surface area (Å²) in [5, 5.41) is 7.12. The number of carbonyl (C=O) groups is 2. The molecule has 9 heteroatoms. The molecule has 3 atom stereocenters. The van der Waals surface area contributed by atoms with Crippen LogP contribution in [0.15, 0.2) is 0 Å². The van der Waals surface area contributed by atoms with Crippen molar-refractivity contribution in [3.8, 4) is 0 Å². The summed E-state index contributed by atoms with van der Waals surface area (Å²) in [5.74, 6) is -2.66. The van der Waals surface area contributed by atoms with Crippen molar-refractivity contribution in [1.82, 2.24) is 9.80 Å². The number of carbonyl (C=O) groups excluding carboxylic acids is 1. The first-order valence-electron chi connectivity index (χ1n) is 6.98. The molecule has 0 saturated carbocycles. The van der Waals surface area contributed by atoms with Gasteiger partial charge in [0.15, 0.2) is 0 Å². The number of carboxylic acid groups (broad SMARTS) is 1. The molecule has 3 N–H and O–H groups in total. The number of likely N-dealkylation sites (N-methyl/N-ethyl adjacent to an activating group) is 1. The van der Waals surface area contributed by atoms with Gasteiger partial charge in [-0.2, -0.15) is 13.2 Å². The Bertz CT molecular complexity index is 378. The molecule has 1 amide bonds. The van der Waals surface area contributed by atoms with E-state index in [-0.39, 0.29) is 11.9 Å². The smallest absolute Gasteiger partial charge is 0.475 e. The number of rotatable bonds is 2. The summed E-state index contributed by atoms with van der Waals surface area (Å²) in [6, 6.07) is 0.510. The first-order chi connectivity index (χ1) is 9.91. The lowest BCUT2D eigenvalue weighted by atomic mass is 10.1. The van der Waals surface area contributed by atoms with Crippen LogP contribution in [0.1, 0.15) is 27.2 Å². The van der Waals surface area contributed by atoms with E-state index in [0.29, 0.717) is 18.5 Å². The zero-order valence-electron chi connectivity index (χ0n) is 13.2. The molecule has 130 valence electrons. The Morgan fingerprint density at radius 3 is 1.91 bits per heavy atom. The lowest BCUT2D eigenvalue weighted by Gasteiger charge is -2.43. The van der Waals surface area contributed by atoms with Crippen molar-refractivity contribution >= 4 is 11.9 Å². The van der Waals surface area contributed by atoms with Crippen molar-refractivity contribution < 1.29 is 27.9 Å². The quantitative estimate of drug-likeness (QED) is 0.787. The number of carboxylic acids is 1. The number of halogens is 3. The van der Waals surface area contributed by atoms with E-state index in [2.05, 4.69) is 25.8 Å². The molecule has 0 aromatic heterocycles. The molecule has 1 saturated heterocycles. The third kappa shape index (κ3) is 6.18. The molecule has 0 radical (unpaired) electrons. The molecule has 1 aliphatic rings. The van der Waals surface area contributed by atoms with E-state index in [1.807, 2.05) is 11.8 Å². The average molecular weight is 327 g/mol. The first-order valence-corrected chi connectivity index (χ1v) is 6.98. The molecule has 0 aromatic rings. The van der Waals surface area contributed by atoms with Gasteiger partial charge in [0.1, 0.15) is 0 Å². The Labute approximate surface area is 128 Å². The highest BCUT2D eigenvalue weighted by molar-refractivity contribution is 5.81. The SMILES string of the molecule is CC[C@H](N)C(=O)N1C[C@@H](C)N(C)[C@@H](C)C1.O=C(O)C(F)(F)F. The summed E-state index contributed by atoms with van der Waals surface area (Å²) in [4.78, 5) is 25.0. The van der Waals surface area contributed by atoms with E-state index in [1.54, 1.807) is 0 Å². The van der Waals surface area contributed by atoms with Crippen LogP contribution < -0.4 is 5.73 Å². The molecule has 0 spiro atoms. The highest BCUT2D eigenvalue weighted by Crippen LogP contribution is 2.14. The fourth-order valence-electron chi connectivity index (χ4n) is 1.99. The van der Waals surface area contributed by atoms with Crippen LogP contribution in [0.2, 0.25) is 0 Å². The fourth-order valence-corrected chi connectivity index (χ4v) is 1.99.